The second kappa shape index (κ2) is 3.47. The van der Waals surface area contributed by atoms with Crippen molar-refractivity contribution < 1.29 is 0 Å². The number of benzene rings is 1. The summed E-state index contributed by atoms with van der Waals surface area (Å²) in [6.45, 7) is 3.65. The van der Waals surface area contributed by atoms with Crippen molar-refractivity contribution in [2.45, 2.75) is 5.25 Å². The Bertz CT molecular complexity index is 203. The van der Waals surface area contributed by atoms with Crippen molar-refractivity contribution in [2.24, 2.45) is 0 Å². The highest BCUT2D eigenvalue weighted by Crippen LogP contribution is 2.19. The molecule has 10 heavy (non-hydrogen) atoms. The van der Waals surface area contributed by atoms with Crippen molar-refractivity contribution in [3.8, 4) is 0 Å². The van der Waals surface area contributed by atoms with Gasteiger partial charge >= 0.3 is 0 Å². The molecule has 1 rings (SSSR count). The first-order valence-corrected chi connectivity index (χ1v) is 3.63. The van der Waals surface area contributed by atoms with Crippen LogP contribution >= 0.6 is 12.6 Å². The van der Waals surface area contributed by atoms with Crippen molar-refractivity contribution in [2.75, 3.05) is 0 Å². The molecule has 0 bridgehead atoms. The summed E-state index contributed by atoms with van der Waals surface area (Å²) in [5, 5.41) is 0.148. The van der Waals surface area contributed by atoms with Crippen molar-refractivity contribution in [1.82, 2.24) is 0 Å². The Morgan fingerprint density at radius 3 is 2.60 bits per heavy atom. The summed E-state index contributed by atoms with van der Waals surface area (Å²) in [6, 6.07) is 10.7. The summed E-state index contributed by atoms with van der Waals surface area (Å²) in [7, 11) is 0. The number of hydrogen-bond donors (Lipinski definition) is 1. The molecule has 1 aromatic carbocycles. The van der Waals surface area contributed by atoms with Crippen LogP contribution in [0.25, 0.3) is 0 Å². The minimum absolute atomic E-state index is 0.148. The lowest BCUT2D eigenvalue weighted by atomic mass is 10.1. The van der Waals surface area contributed by atoms with Gasteiger partial charge in [0, 0.05) is 5.25 Å². The van der Waals surface area contributed by atoms with Crippen LogP contribution in [-0.4, -0.2) is 0 Å². The molecule has 1 unspecified atom stereocenters. The smallest absolute Gasteiger partial charge is 0.0444 e. The maximum atomic E-state index is 4.29. The number of rotatable bonds is 2. The maximum absolute atomic E-state index is 4.29. The molecule has 1 heteroatoms. The van der Waals surface area contributed by atoms with E-state index < -0.39 is 0 Å². The zero-order chi connectivity index (χ0) is 7.40. The van der Waals surface area contributed by atoms with Crippen molar-refractivity contribution in [3.05, 3.63) is 48.6 Å². The fourth-order valence-corrected chi connectivity index (χ4v) is 0.905. The van der Waals surface area contributed by atoms with Crippen molar-refractivity contribution >= 4 is 12.6 Å². The highest BCUT2D eigenvalue weighted by Gasteiger charge is 1.97. The summed E-state index contributed by atoms with van der Waals surface area (Å²) < 4.78 is 0. The van der Waals surface area contributed by atoms with Gasteiger partial charge in [-0.3, -0.25) is 0 Å². The topological polar surface area (TPSA) is 0 Å². The van der Waals surface area contributed by atoms with Crippen LogP contribution in [0.5, 0.6) is 0 Å². The van der Waals surface area contributed by atoms with Gasteiger partial charge in [0.15, 0.2) is 0 Å². The molecule has 1 radical (unpaired) electrons. The van der Waals surface area contributed by atoms with Crippen LogP contribution < -0.4 is 0 Å². The molecule has 0 aliphatic carbocycles. The van der Waals surface area contributed by atoms with Crippen LogP contribution in [0.1, 0.15) is 10.8 Å². The van der Waals surface area contributed by atoms with E-state index in [0.29, 0.717) is 0 Å². The van der Waals surface area contributed by atoms with E-state index in [1.54, 1.807) is 6.08 Å². The van der Waals surface area contributed by atoms with Gasteiger partial charge in [-0.2, -0.15) is 12.6 Å². The Hall–Kier alpha value is -0.690. The summed E-state index contributed by atoms with van der Waals surface area (Å²) in [4.78, 5) is 0. The van der Waals surface area contributed by atoms with Crippen LogP contribution in [0.2, 0.25) is 0 Å². The van der Waals surface area contributed by atoms with Crippen LogP contribution in [-0.2, 0) is 0 Å². The lowest BCUT2D eigenvalue weighted by Gasteiger charge is -2.02. The Morgan fingerprint density at radius 1 is 1.50 bits per heavy atom. The van der Waals surface area contributed by atoms with Gasteiger partial charge in [0.2, 0.25) is 0 Å². The molecule has 0 saturated carbocycles. The first kappa shape index (κ1) is 7.42. The van der Waals surface area contributed by atoms with Gasteiger partial charge in [-0.25, -0.2) is 0 Å². The molecule has 0 spiro atoms. The van der Waals surface area contributed by atoms with Gasteiger partial charge in [-0.05, 0) is 11.6 Å². The SMILES string of the molecule is C=CC(S)c1cc[c]cc1. The molecule has 0 aliphatic rings. The first-order chi connectivity index (χ1) is 4.84. The van der Waals surface area contributed by atoms with E-state index in [2.05, 4.69) is 25.3 Å². The molecule has 0 saturated heterocycles. The molecule has 0 nitrogen and oxygen atoms in total. The Labute approximate surface area is 67.0 Å². The van der Waals surface area contributed by atoms with Crippen molar-refractivity contribution in [3.63, 3.8) is 0 Å². The minimum Gasteiger partial charge on any atom is -0.167 e. The highest BCUT2D eigenvalue weighted by molar-refractivity contribution is 7.80. The summed E-state index contributed by atoms with van der Waals surface area (Å²) in [5.41, 5.74) is 1.16. The molecule has 1 atom stereocenters. The predicted octanol–water partition coefficient (Wildman–Crippen LogP) is 2.64. The zero-order valence-corrected chi connectivity index (χ0v) is 6.51. The van der Waals surface area contributed by atoms with Gasteiger partial charge in [-0.1, -0.05) is 30.3 Å². The van der Waals surface area contributed by atoms with E-state index >= 15 is 0 Å². The number of hydrogen-bond acceptors (Lipinski definition) is 1. The zero-order valence-electron chi connectivity index (χ0n) is 5.62. The normalized spacial score (nSPS) is 12.5. The summed E-state index contributed by atoms with van der Waals surface area (Å²) in [5.74, 6) is 0. The van der Waals surface area contributed by atoms with E-state index in [1.165, 1.54) is 0 Å². The second-order valence-electron chi connectivity index (χ2n) is 2.01. The van der Waals surface area contributed by atoms with Gasteiger partial charge in [0.1, 0.15) is 0 Å². The summed E-state index contributed by atoms with van der Waals surface area (Å²) >= 11 is 4.29. The third-order valence-electron chi connectivity index (χ3n) is 1.31. The average Bonchev–Trinajstić information content (AvgIpc) is 2.05. The van der Waals surface area contributed by atoms with Gasteiger partial charge < -0.3 is 0 Å². The van der Waals surface area contributed by atoms with E-state index in [9.17, 15) is 0 Å². The molecular formula is C9H9S. The Kier molecular flexibility index (Phi) is 2.57. The molecule has 0 amide bonds. The molecule has 0 aliphatic heterocycles. The third kappa shape index (κ3) is 1.64. The third-order valence-corrected chi connectivity index (χ3v) is 1.82. The second-order valence-corrected chi connectivity index (χ2v) is 2.57. The molecule has 0 heterocycles. The monoisotopic (exact) mass is 149 g/mol. The molecular weight excluding hydrogens is 140 g/mol. The Morgan fingerprint density at radius 2 is 2.10 bits per heavy atom. The average molecular weight is 149 g/mol. The van der Waals surface area contributed by atoms with E-state index in [0.717, 1.165) is 5.56 Å². The lowest BCUT2D eigenvalue weighted by Crippen LogP contribution is -1.82. The predicted molar refractivity (Wildman–Crippen MR) is 47.2 cm³/mol. The van der Waals surface area contributed by atoms with Gasteiger partial charge in [-0.15, -0.1) is 6.58 Å². The quantitative estimate of drug-likeness (QED) is 0.485. The van der Waals surface area contributed by atoms with Crippen LogP contribution in [0.3, 0.4) is 0 Å². The fourth-order valence-electron chi connectivity index (χ4n) is 0.733. The molecule has 0 N–H and O–H groups in total. The van der Waals surface area contributed by atoms with Gasteiger partial charge in [0.05, 0.1) is 0 Å². The molecule has 0 fully saturated rings. The minimum atomic E-state index is 0.148. The van der Waals surface area contributed by atoms with Crippen molar-refractivity contribution in [1.29, 1.82) is 0 Å². The lowest BCUT2D eigenvalue weighted by molar-refractivity contribution is 1.25. The van der Waals surface area contributed by atoms with Crippen LogP contribution in [0.15, 0.2) is 36.9 Å². The van der Waals surface area contributed by atoms with E-state index in [4.69, 9.17) is 0 Å². The van der Waals surface area contributed by atoms with E-state index in [1.807, 2.05) is 24.3 Å². The summed E-state index contributed by atoms with van der Waals surface area (Å²) in [6.07, 6.45) is 1.80. The van der Waals surface area contributed by atoms with E-state index in [-0.39, 0.29) is 5.25 Å². The molecule has 51 valence electrons. The number of thiol groups is 1. The van der Waals surface area contributed by atoms with Gasteiger partial charge in [0.25, 0.3) is 0 Å². The first-order valence-electron chi connectivity index (χ1n) is 3.11. The molecule has 0 aromatic heterocycles. The van der Waals surface area contributed by atoms with Crippen LogP contribution in [0.4, 0.5) is 0 Å². The Balaban J connectivity index is 2.84. The largest absolute Gasteiger partial charge is 0.167 e. The molecule has 1 aromatic rings. The standard InChI is InChI=1S/C9H9S/c1-2-9(10)8-6-4-3-5-7-8/h2,4-7,9-10H,1H2. The highest BCUT2D eigenvalue weighted by atomic mass is 32.1. The fraction of sp³-hybridized carbons (Fsp3) is 0.111. The van der Waals surface area contributed by atoms with Crippen LogP contribution in [0, 0.1) is 6.07 Å². The maximum Gasteiger partial charge on any atom is 0.0444 e.